The predicted molar refractivity (Wildman–Crippen MR) is 119 cm³/mol. The fourth-order valence-corrected chi connectivity index (χ4v) is 2.63. The predicted octanol–water partition coefficient (Wildman–Crippen LogP) is 1.69. The van der Waals surface area contributed by atoms with Crippen LogP contribution >= 0.6 is 0 Å². The number of carbonyl (C=O) groups is 4. The van der Waals surface area contributed by atoms with Gasteiger partial charge >= 0.3 is 0 Å². The van der Waals surface area contributed by atoms with E-state index in [0.717, 1.165) is 0 Å². The lowest BCUT2D eigenvalue weighted by atomic mass is 10.1. The number of amides is 4. The van der Waals surface area contributed by atoms with Crippen molar-refractivity contribution in [2.24, 2.45) is 5.73 Å². The summed E-state index contributed by atoms with van der Waals surface area (Å²) < 4.78 is 0. The summed E-state index contributed by atoms with van der Waals surface area (Å²) in [6.45, 7) is 0. The molecule has 2 aromatic carbocycles. The number of primary amides is 1. The summed E-state index contributed by atoms with van der Waals surface area (Å²) in [7, 11) is 1.63. The van der Waals surface area contributed by atoms with Gasteiger partial charge in [-0.15, -0.1) is 0 Å². The van der Waals surface area contributed by atoms with E-state index in [9.17, 15) is 19.2 Å². The van der Waals surface area contributed by atoms with Crippen LogP contribution < -0.4 is 27.0 Å². The van der Waals surface area contributed by atoms with Crippen molar-refractivity contribution in [3.8, 4) is 0 Å². The summed E-state index contributed by atoms with van der Waals surface area (Å²) >= 11 is 0. The Bertz CT molecular complexity index is 1160. The van der Waals surface area contributed by atoms with Crippen LogP contribution in [0.3, 0.4) is 0 Å². The lowest BCUT2D eigenvalue weighted by Gasteiger charge is -2.10. The van der Waals surface area contributed by atoms with Gasteiger partial charge in [0.1, 0.15) is 11.6 Å². The third kappa shape index (κ3) is 5.42. The fourth-order valence-electron chi connectivity index (χ4n) is 2.63. The van der Waals surface area contributed by atoms with Gasteiger partial charge in [0.05, 0.1) is 0 Å². The van der Waals surface area contributed by atoms with E-state index in [1.807, 2.05) is 0 Å². The number of nitrogens with one attached hydrogen (secondary N) is 4. The molecule has 32 heavy (non-hydrogen) atoms. The van der Waals surface area contributed by atoms with Crippen LogP contribution in [0.2, 0.25) is 0 Å². The maximum absolute atomic E-state index is 12.5. The van der Waals surface area contributed by atoms with Crippen LogP contribution in [0.1, 0.15) is 31.1 Å². The van der Waals surface area contributed by atoms with Crippen molar-refractivity contribution in [2.75, 3.05) is 28.3 Å². The van der Waals surface area contributed by atoms with Crippen molar-refractivity contribution in [3.63, 3.8) is 0 Å². The van der Waals surface area contributed by atoms with E-state index in [-0.39, 0.29) is 22.9 Å². The highest BCUT2D eigenvalue weighted by Gasteiger charge is 2.13. The van der Waals surface area contributed by atoms with Gasteiger partial charge in [0.25, 0.3) is 11.8 Å². The molecular formula is C21H19N7O4. The monoisotopic (exact) mass is 433 g/mol. The molecule has 0 aliphatic heterocycles. The number of anilines is 4. The summed E-state index contributed by atoms with van der Waals surface area (Å²) in [4.78, 5) is 55.0. The second-order valence-electron chi connectivity index (χ2n) is 6.40. The number of nitrogens with two attached hydrogens (primary N) is 1. The van der Waals surface area contributed by atoms with Crippen LogP contribution in [0.4, 0.5) is 23.3 Å². The Morgan fingerprint density at radius 3 is 1.91 bits per heavy atom. The Hall–Kier alpha value is -4.80. The SMILES string of the molecule is CNc1cc(NC(=O)c2ccc(NC=O)cc2)nc(NC(=O)c2ccc(C(N)=O)cc2)n1. The zero-order valence-corrected chi connectivity index (χ0v) is 16.9. The Morgan fingerprint density at radius 1 is 0.812 bits per heavy atom. The van der Waals surface area contributed by atoms with Gasteiger partial charge in [-0.05, 0) is 48.5 Å². The molecule has 11 heteroatoms. The van der Waals surface area contributed by atoms with Crippen LogP contribution in [0.15, 0.2) is 54.6 Å². The fraction of sp³-hybridized carbons (Fsp3) is 0.0476. The Kier molecular flexibility index (Phi) is 6.71. The van der Waals surface area contributed by atoms with E-state index in [4.69, 9.17) is 5.73 Å². The summed E-state index contributed by atoms with van der Waals surface area (Å²) in [6.07, 6.45) is 0.539. The molecule has 6 N–H and O–H groups in total. The third-order valence-corrected chi connectivity index (χ3v) is 4.25. The molecule has 0 spiro atoms. The molecule has 0 fully saturated rings. The molecule has 0 unspecified atom stereocenters. The molecule has 1 heterocycles. The Morgan fingerprint density at radius 2 is 1.34 bits per heavy atom. The highest BCUT2D eigenvalue weighted by atomic mass is 16.2. The van der Waals surface area contributed by atoms with E-state index >= 15 is 0 Å². The summed E-state index contributed by atoms with van der Waals surface area (Å²) in [5, 5.41) is 10.5. The van der Waals surface area contributed by atoms with Crippen LogP contribution in [0.25, 0.3) is 0 Å². The summed E-state index contributed by atoms with van der Waals surface area (Å²) in [6, 6.07) is 13.5. The van der Waals surface area contributed by atoms with Crippen LogP contribution in [0, 0.1) is 0 Å². The molecule has 0 radical (unpaired) electrons. The summed E-state index contributed by atoms with van der Waals surface area (Å²) in [5.74, 6) is -1.07. The van der Waals surface area contributed by atoms with Crippen LogP contribution in [-0.4, -0.2) is 41.1 Å². The first-order valence-electron chi connectivity index (χ1n) is 9.29. The second kappa shape index (κ2) is 9.80. The molecule has 162 valence electrons. The number of hydrogen-bond donors (Lipinski definition) is 5. The molecular weight excluding hydrogens is 414 g/mol. The number of hydrogen-bond acceptors (Lipinski definition) is 7. The van der Waals surface area contributed by atoms with Crippen molar-refractivity contribution in [1.29, 1.82) is 0 Å². The van der Waals surface area contributed by atoms with Crippen LogP contribution in [-0.2, 0) is 4.79 Å². The second-order valence-corrected chi connectivity index (χ2v) is 6.40. The molecule has 0 bridgehead atoms. The molecule has 0 atom stereocenters. The molecule has 3 rings (SSSR count). The number of benzene rings is 2. The van der Waals surface area contributed by atoms with Crippen molar-refractivity contribution in [1.82, 2.24) is 9.97 Å². The quantitative estimate of drug-likeness (QED) is 0.337. The Balaban J connectivity index is 1.75. The number of rotatable bonds is 8. The van der Waals surface area contributed by atoms with E-state index < -0.39 is 17.7 Å². The molecule has 0 aliphatic rings. The van der Waals surface area contributed by atoms with Gasteiger partial charge in [-0.25, -0.2) is 0 Å². The lowest BCUT2D eigenvalue weighted by Crippen LogP contribution is -2.18. The smallest absolute Gasteiger partial charge is 0.258 e. The molecule has 0 aliphatic carbocycles. The molecule has 11 nitrogen and oxygen atoms in total. The maximum atomic E-state index is 12.5. The maximum Gasteiger partial charge on any atom is 0.258 e. The van der Waals surface area contributed by atoms with Crippen molar-refractivity contribution in [3.05, 3.63) is 71.3 Å². The van der Waals surface area contributed by atoms with E-state index in [1.165, 1.54) is 30.3 Å². The minimum atomic E-state index is -0.600. The standard InChI is InChI=1S/C21H19N7O4/c1-23-16-10-17(25-19(31)14-6-8-15(9-7-14)24-11-29)27-21(26-16)28-20(32)13-4-2-12(3-5-13)18(22)30/h2-11H,1H3,(H2,22,30)(H,24,29)(H3,23,25,26,27,28,31,32). The van der Waals surface area contributed by atoms with Crippen molar-refractivity contribution in [2.45, 2.75) is 0 Å². The third-order valence-electron chi connectivity index (χ3n) is 4.25. The van der Waals surface area contributed by atoms with Gasteiger partial charge in [-0.1, -0.05) is 0 Å². The largest absolute Gasteiger partial charge is 0.373 e. The first-order chi connectivity index (χ1) is 15.4. The lowest BCUT2D eigenvalue weighted by molar-refractivity contribution is -0.105. The van der Waals surface area contributed by atoms with Gasteiger partial charge in [0.15, 0.2) is 0 Å². The number of carbonyl (C=O) groups excluding carboxylic acids is 4. The molecule has 0 saturated carbocycles. The highest BCUT2D eigenvalue weighted by molar-refractivity contribution is 6.05. The van der Waals surface area contributed by atoms with Gasteiger partial charge in [0, 0.05) is 35.5 Å². The topological polar surface area (TPSA) is 168 Å². The van der Waals surface area contributed by atoms with E-state index in [2.05, 4.69) is 31.2 Å². The normalized spacial score (nSPS) is 10.0. The van der Waals surface area contributed by atoms with Crippen molar-refractivity contribution < 1.29 is 19.2 Å². The number of aromatic nitrogens is 2. The first-order valence-corrected chi connectivity index (χ1v) is 9.29. The summed E-state index contributed by atoms with van der Waals surface area (Å²) in [5.41, 5.74) is 6.62. The molecule has 0 saturated heterocycles. The van der Waals surface area contributed by atoms with E-state index in [0.29, 0.717) is 23.5 Å². The van der Waals surface area contributed by atoms with Crippen LogP contribution in [0.5, 0.6) is 0 Å². The first kappa shape index (κ1) is 21.9. The highest BCUT2D eigenvalue weighted by Crippen LogP contribution is 2.17. The molecule has 3 aromatic rings. The van der Waals surface area contributed by atoms with Gasteiger partial charge in [0.2, 0.25) is 18.3 Å². The van der Waals surface area contributed by atoms with Gasteiger partial charge in [-0.3, -0.25) is 24.5 Å². The van der Waals surface area contributed by atoms with Gasteiger partial charge in [-0.2, -0.15) is 9.97 Å². The minimum Gasteiger partial charge on any atom is -0.373 e. The zero-order valence-electron chi connectivity index (χ0n) is 16.9. The molecule has 4 amide bonds. The minimum absolute atomic E-state index is 0.0401. The van der Waals surface area contributed by atoms with E-state index in [1.54, 1.807) is 31.3 Å². The zero-order chi connectivity index (χ0) is 23.1. The number of nitrogens with zero attached hydrogens (tertiary/aromatic N) is 2. The van der Waals surface area contributed by atoms with Crippen molar-refractivity contribution >= 4 is 47.4 Å². The molecule has 1 aromatic heterocycles. The average molecular weight is 433 g/mol. The van der Waals surface area contributed by atoms with Gasteiger partial charge < -0.3 is 21.7 Å². The average Bonchev–Trinajstić information content (AvgIpc) is 2.79. The Labute approximate surface area is 182 Å².